The van der Waals surface area contributed by atoms with Crippen molar-refractivity contribution in [3.05, 3.63) is 57.6 Å². The van der Waals surface area contributed by atoms with Gasteiger partial charge in [-0.2, -0.15) is 0 Å². The van der Waals surface area contributed by atoms with Crippen LogP contribution in [0.3, 0.4) is 0 Å². The first-order chi connectivity index (χ1) is 11.9. The lowest BCUT2D eigenvalue weighted by Crippen LogP contribution is -2.24. The van der Waals surface area contributed by atoms with E-state index in [0.717, 1.165) is 4.90 Å². The molecule has 0 saturated heterocycles. The Morgan fingerprint density at radius 1 is 1.12 bits per heavy atom. The maximum absolute atomic E-state index is 12.4. The molecule has 25 heavy (non-hydrogen) atoms. The summed E-state index contributed by atoms with van der Waals surface area (Å²) in [6, 6.07) is 9.69. The largest absolute Gasteiger partial charge is 0.493 e. The smallest absolute Gasteiger partial charge is 0.261 e. The SMILES string of the molecule is CCOc1ccc(C(=O)Nc2ccc3c(c2)C(=O)N(C)C3=O)cc1Br. The second-order valence-electron chi connectivity index (χ2n) is 5.46. The van der Waals surface area contributed by atoms with E-state index in [1.165, 1.54) is 13.1 Å². The Morgan fingerprint density at radius 3 is 2.52 bits per heavy atom. The Labute approximate surface area is 152 Å². The van der Waals surface area contributed by atoms with Crippen LogP contribution in [0.15, 0.2) is 40.9 Å². The van der Waals surface area contributed by atoms with Crippen LogP contribution in [-0.4, -0.2) is 36.3 Å². The van der Waals surface area contributed by atoms with Crippen molar-refractivity contribution < 1.29 is 19.1 Å². The van der Waals surface area contributed by atoms with Crippen molar-refractivity contribution >= 4 is 39.3 Å². The van der Waals surface area contributed by atoms with Crippen LogP contribution < -0.4 is 10.1 Å². The number of imide groups is 1. The Balaban J connectivity index is 1.82. The molecule has 3 amide bonds. The van der Waals surface area contributed by atoms with Crippen molar-refractivity contribution in [1.29, 1.82) is 0 Å². The van der Waals surface area contributed by atoms with Crippen molar-refractivity contribution in [2.75, 3.05) is 19.0 Å². The molecule has 128 valence electrons. The quantitative estimate of drug-likeness (QED) is 0.795. The van der Waals surface area contributed by atoms with Crippen LogP contribution in [0.4, 0.5) is 5.69 Å². The summed E-state index contributed by atoms with van der Waals surface area (Å²) in [5.74, 6) is -0.384. The number of amides is 3. The lowest BCUT2D eigenvalue weighted by Gasteiger charge is -2.09. The highest BCUT2D eigenvalue weighted by atomic mass is 79.9. The number of hydrogen-bond acceptors (Lipinski definition) is 4. The first kappa shape index (κ1) is 17.2. The van der Waals surface area contributed by atoms with Gasteiger partial charge in [-0.1, -0.05) is 0 Å². The molecule has 3 rings (SSSR count). The zero-order chi connectivity index (χ0) is 18.1. The van der Waals surface area contributed by atoms with Gasteiger partial charge in [-0.3, -0.25) is 19.3 Å². The van der Waals surface area contributed by atoms with Crippen LogP contribution >= 0.6 is 15.9 Å². The van der Waals surface area contributed by atoms with Crippen molar-refractivity contribution in [1.82, 2.24) is 4.90 Å². The molecule has 0 radical (unpaired) electrons. The molecule has 0 fully saturated rings. The summed E-state index contributed by atoms with van der Waals surface area (Å²) in [7, 11) is 1.43. The molecule has 1 aliphatic heterocycles. The molecule has 0 aromatic heterocycles. The summed E-state index contributed by atoms with van der Waals surface area (Å²) < 4.78 is 6.10. The van der Waals surface area contributed by atoms with E-state index in [2.05, 4.69) is 21.2 Å². The molecule has 0 aliphatic carbocycles. The standard InChI is InChI=1S/C18H15BrN2O4/c1-3-25-15-7-4-10(8-14(15)19)16(22)20-11-5-6-12-13(9-11)18(24)21(2)17(12)23/h4-9H,3H2,1-2H3,(H,20,22). The number of hydrogen-bond donors (Lipinski definition) is 1. The third-order valence-electron chi connectivity index (χ3n) is 3.84. The van der Waals surface area contributed by atoms with Gasteiger partial charge in [0.25, 0.3) is 17.7 Å². The molecular weight excluding hydrogens is 388 g/mol. The summed E-state index contributed by atoms with van der Waals surface area (Å²) in [4.78, 5) is 37.4. The van der Waals surface area contributed by atoms with Gasteiger partial charge in [0.05, 0.1) is 22.2 Å². The van der Waals surface area contributed by atoms with Gasteiger partial charge >= 0.3 is 0 Å². The Kier molecular flexibility index (Phi) is 4.59. The fraction of sp³-hybridized carbons (Fsp3) is 0.167. The van der Waals surface area contributed by atoms with Crippen LogP contribution in [0.25, 0.3) is 0 Å². The molecule has 0 spiro atoms. The lowest BCUT2D eigenvalue weighted by atomic mass is 10.1. The zero-order valence-electron chi connectivity index (χ0n) is 13.6. The fourth-order valence-corrected chi connectivity index (χ4v) is 3.05. The summed E-state index contributed by atoms with van der Waals surface area (Å²) in [5, 5.41) is 2.73. The zero-order valence-corrected chi connectivity index (χ0v) is 15.2. The topological polar surface area (TPSA) is 75.7 Å². The van der Waals surface area contributed by atoms with Crippen molar-refractivity contribution in [3.63, 3.8) is 0 Å². The van der Waals surface area contributed by atoms with Crippen LogP contribution in [0.1, 0.15) is 38.0 Å². The van der Waals surface area contributed by atoms with E-state index in [1.54, 1.807) is 30.3 Å². The predicted molar refractivity (Wildman–Crippen MR) is 96.1 cm³/mol. The van der Waals surface area contributed by atoms with E-state index < -0.39 is 0 Å². The number of rotatable bonds is 4. The number of carbonyl (C=O) groups excluding carboxylic acids is 3. The van der Waals surface area contributed by atoms with Crippen LogP contribution in [0.5, 0.6) is 5.75 Å². The molecule has 0 bridgehead atoms. The molecule has 2 aromatic rings. The highest BCUT2D eigenvalue weighted by Gasteiger charge is 2.32. The molecule has 0 saturated carbocycles. The van der Waals surface area contributed by atoms with Crippen LogP contribution in [0, 0.1) is 0 Å². The van der Waals surface area contributed by atoms with E-state index in [-0.39, 0.29) is 23.3 Å². The molecule has 0 unspecified atom stereocenters. The second-order valence-corrected chi connectivity index (χ2v) is 6.32. The molecule has 0 atom stereocenters. The van der Waals surface area contributed by atoms with Gasteiger partial charge in [0, 0.05) is 18.3 Å². The van der Waals surface area contributed by atoms with Crippen molar-refractivity contribution in [2.24, 2.45) is 0 Å². The first-order valence-corrected chi connectivity index (χ1v) is 8.41. The minimum atomic E-state index is -0.375. The van der Waals surface area contributed by atoms with Gasteiger partial charge in [0.2, 0.25) is 0 Å². The Hall–Kier alpha value is -2.67. The second kappa shape index (κ2) is 6.68. The fourth-order valence-electron chi connectivity index (χ4n) is 2.56. The normalized spacial score (nSPS) is 13.0. The van der Waals surface area contributed by atoms with Gasteiger partial charge in [0.15, 0.2) is 0 Å². The number of nitrogens with one attached hydrogen (secondary N) is 1. The monoisotopic (exact) mass is 402 g/mol. The van der Waals surface area contributed by atoms with E-state index in [9.17, 15) is 14.4 Å². The number of anilines is 1. The van der Waals surface area contributed by atoms with Gasteiger partial charge in [-0.05, 0) is 59.3 Å². The maximum atomic E-state index is 12.4. The number of nitrogens with zero attached hydrogens (tertiary/aromatic N) is 1. The van der Waals surface area contributed by atoms with E-state index in [1.807, 2.05) is 6.92 Å². The van der Waals surface area contributed by atoms with Crippen LogP contribution in [-0.2, 0) is 0 Å². The average Bonchev–Trinajstić information content (AvgIpc) is 2.81. The minimum absolute atomic E-state index is 0.290. The predicted octanol–water partition coefficient (Wildman–Crippen LogP) is 3.33. The third kappa shape index (κ3) is 3.15. The van der Waals surface area contributed by atoms with E-state index in [0.29, 0.717) is 33.6 Å². The van der Waals surface area contributed by atoms with Gasteiger partial charge in [0.1, 0.15) is 5.75 Å². The van der Waals surface area contributed by atoms with Gasteiger partial charge in [-0.15, -0.1) is 0 Å². The van der Waals surface area contributed by atoms with Crippen molar-refractivity contribution in [3.8, 4) is 5.75 Å². The summed E-state index contributed by atoms with van der Waals surface area (Å²) >= 11 is 3.37. The number of ether oxygens (including phenoxy) is 1. The summed E-state index contributed by atoms with van der Waals surface area (Å²) in [6.07, 6.45) is 0. The number of benzene rings is 2. The molecule has 2 aromatic carbocycles. The van der Waals surface area contributed by atoms with Gasteiger partial charge < -0.3 is 10.1 Å². The van der Waals surface area contributed by atoms with Crippen LogP contribution in [0.2, 0.25) is 0 Å². The van der Waals surface area contributed by atoms with E-state index >= 15 is 0 Å². The highest BCUT2D eigenvalue weighted by molar-refractivity contribution is 9.10. The lowest BCUT2D eigenvalue weighted by molar-refractivity contribution is 0.0692. The average molecular weight is 403 g/mol. The minimum Gasteiger partial charge on any atom is -0.493 e. The number of fused-ring (bicyclic) bond motifs is 1. The maximum Gasteiger partial charge on any atom is 0.261 e. The molecule has 1 heterocycles. The molecular formula is C18H15BrN2O4. The summed E-state index contributed by atoms with van der Waals surface area (Å²) in [5.41, 5.74) is 1.52. The highest BCUT2D eigenvalue weighted by Crippen LogP contribution is 2.27. The molecule has 7 heteroatoms. The van der Waals surface area contributed by atoms with E-state index in [4.69, 9.17) is 4.74 Å². The summed E-state index contributed by atoms with van der Waals surface area (Å²) in [6.45, 7) is 2.41. The molecule has 1 N–H and O–H groups in total. The number of carbonyl (C=O) groups is 3. The number of halogens is 1. The van der Waals surface area contributed by atoms with Gasteiger partial charge in [-0.25, -0.2) is 0 Å². The molecule has 1 aliphatic rings. The third-order valence-corrected chi connectivity index (χ3v) is 4.46. The Bertz CT molecular complexity index is 895. The van der Waals surface area contributed by atoms with Crippen molar-refractivity contribution in [2.45, 2.75) is 6.92 Å². The first-order valence-electron chi connectivity index (χ1n) is 7.62. The molecule has 6 nitrogen and oxygen atoms in total. The Morgan fingerprint density at radius 2 is 1.84 bits per heavy atom.